The Hall–Kier alpha value is -2.35. The molecule has 0 radical (unpaired) electrons. The Bertz CT molecular complexity index is 813. The summed E-state index contributed by atoms with van der Waals surface area (Å²) in [5.74, 6) is 0. The molecule has 1 heterocycles. The van der Waals surface area contributed by atoms with Crippen molar-refractivity contribution in [2.45, 2.75) is 79.1 Å². The third-order valence-electron chi connectivity index (χ3n) is 5.65. The molecule has 168 valence electrons. The lowest BCUT2D eigenvalue weighted by atomic mass is 9.85. The normalized spacial score (nSPS) is 12.3. The maximum Gasteiger partial charge on any atom is 0.0714 e. The van der Waals surface area contributed by atoms with E-state index in [4.69, 9.17) is 4.98 Å². The lowest BCUT2D eigenvalue weighted by Crippen LogP contribution is -2.11. The Labute approximate surface area is 191 Å². The molecule has 0 unspecified atom stereocenters. The molecule has 0 fully saturated rings. The molecule has 0 spiro atoms. The first-order valence-corrected chi connectivity index (χ1v) is 12.2. The molecule has 1 aromatic carbocycles. The number of hydrogen-bond donors (Lipinski definition) is 0. The highest BCUT2D eigenvalue weighted by molar-refractivity contribution is 5.91. The van der Waals surface area contributed by atoms with Crippen molar-refractivity contribution in [1.82, 2.24) is 4.98 Å². The van der Waals surface area contributed by atoms with E-state index in [2.05, 4.69) is 83.1 Å². The van der Waals surface area contributed by atoms with Crippen LogP contribution in [0.15, 0.2) is 48.7 Å². The highest BCUT2D eigenvalue weighted by Gasteiger charge is 2.19. The Morgan fingerprint density at radius 2 is 1.35 bits per heavy atom. The first kappa shape index (κ1) is 24.9. The minimum absolute atomic E-state index is 1.08. The van der Waals surface area contributed by atoms with E-state index in [0.717, 1.165) is 44.2 Å². The summed E-state index contributed by atoms with van der Waals surface area (Å²) in [4.78, 5) is 7.06. The lowest BCUT2D eigenvalue weighted by Gasteiger charge is -2.24. The molecule has 0 bridgehead atoms. The monoisotopic (exact) mass is 418 g/mol. The van der Waals surface area contributed by atoms with Gasteiger partial charge in [0.2, 0.25) is 0 Å². The van der Waals surface area contributed by atoms with Crippen molar-refractivity contribution < 1.29 is 0 Å². The number of unbranched alkanes of at least 4 members (excludes halogenated alkanes) is 2. The summed E-state index contributed by atoms with van der Waals surface area (Å²) < 4.78 is 0. The molecule has 0 aliphatic heterocycles. The SMILES string of the molecule is CCC/C=C(\CCC)c1cc(N(C)C)cc(/C(=C/CCC)CCC)c1-c1ccccn1. The first-order chi connectivity index (χ1) is 15.1. The van der Waals surface area contributed by atoms with E-state index in [-0.39, 0.29) is 0 Å². The fourth-order valence-electron chi connectivity index (χ4n) is 4.05. The molecule has 0 atom stereocenters. The second kappa shape index (κ2) is 13.1. The molecule has 2 heteroatoms. The van der Waals surface area contributed by atoms with E-state index < -0.39 is 0 Å². The number of anilines is 1. The molecule has 0 aliphatic carbocycles. The van der Waals surface area contributed by atoms with Crippen molar-refractivity contribution in [1.29, 1.82) is 0 Å². The van der Waals surface area contributed by atoms with Crippen LogP contribution in [-0.4, -0.2) is 19.1 Å². The van der Waals surface area contributed by atoms with Gasteiger partial charge in [-0.2, -0.15) is 0 Å². The molecule has 2 nitrogen and oxygen atoms in total. The highest BCUT2D eigenvalue weighted by Crippen LogP contribution is 2.41. The highest BCUT2D eigenvalue weighted by atomic mass is 15.1. The van der Waals surface area contributed by atoms with E-state index in [1.54, 1.807) is 0 Å². The van der Waals surface area contributed by atoms with Crippen molar-refractivity contribution in [3.63, 3.8) is 0 Å². The fraction of sp³-hybridized carbons (Fsp3) is 0.483. The molecule has 1 aromatic heterocycles. The quantitative estimate of drug-likeness (QED) is 0.342. The van der Waals surface area contributed by atoms with Crippen LogP contribution >= 0.6 is 0 Å². The zero-order valence-corrected chi connectivity index (χ0v) is 20.7. The van der Waals surface area contributed by atoms with Gasteiger partial charge in [-0.1, -0.05) is 71.6 Å². The lowest BCUT2D eigenvalue weighted by molar-refractivity contribution is 0.930. The molecular formula is C29H42N2. The van der Waals surface area contributed by atoms with Gasteiger partial charge in [-0.05, 0) is 72.2 Å². The smallest absolute Gasteiger partial charge is 0.0714 e. The van der Waals surface area contributed by atoms with Gasteiger partial charge in [0.15, 0.2) is 0 Å². The minimum atomic E-state index is 1.08. The molecule has 2 rings (SSSR count). The predicted octanol–water partition coefficient (Wildman–Crippen LogP) is 8.78. The average molecular weight is 419 g/mol. The predicted molar refractivity (Wildman–Crippen MR) is 140 cm³/mol. The van der Waals surface area contributed by atoms with Crippen LogP contribution in [0, 0.1) is 0 Å². The van der Waals surface area contributed by atoms with Crippen molar-refractivity contribution in [3.05, 3.63) is 59.8 Å². The van der Waals surface area contributed by atoms with Crippen molar-refractivity contribution in [3.8, 4) is 11.3 Å². The largest absolute Gasteiger partial charge is 0.378 e. The van der Waals surface area contributed by atoms with Crippen LogP contribution in [-0.2, 0) is 0 Å². The summed E-state index contributed by atoms with van der Waals surface area (Å²) in [5.41, 5.74) is 9.28. The van der Waals surface area contributed by atoms with Gasteiger partial charge < -0.3 is 4.90 Å². The second-order valence-electron chi connectivity index (χ2n) is 8.56. The summed E-state index contributed by atoms with van der Waals surface area (Å²) in [6, 6.07) is 11.1. The van der Waals surface area contributed by atoms with Gasteiger partial charge in [0.05, 0.1) is 5.69 Å². The average Bonchev–Trinajstić information content (AvgIpc) is 2.79. The molecule has 0 N–H and O–H groups in total. The number of rotatable bonds is 12. The van der Waals surface area contributed by atoms with Crippen LogP contribution in [0.2, 0.25) is 0 Å². The third-order valence-corrected chi connectivity index (χ3v) is 5.65. The number of aromatic nitrogens is 1. The summed E-state index contributed by atoms with van der Waals surface area (Å²) >= 11 is 0. The zero-order chi connectivity index (χ0) is 22.6. The Morgan fingerprint density at radius 1 is 0.806 bits per heavy atom. The van der Waals surface area contributed by atoms with Crippen LogP contribution in [0.25, 0.3) is 22.4 Å². The van der Waals surface area contributed by atoms with Gasteiger partial charge in [0.25, 0.3) is 0 Å². The maximum absolute atomic E-state index is 4.82. The summed E-state index contributed by atoms with van der Waals surface area (Å²) in [6.45, 7) is 9.07. The summed E-state index contributed by atoms with van der Waals surface area (Å²) in [5, 5.41) is 0. The second-order valence-corrected chi connectivity index (χ2v) is 8.56. The molecular weight excluding hydrogens is 376 g/mol. The fourth-order valence-corrected chi connectivity index (χ4v) is 4.05. The standard InChI is InChI=1S/C29H42N2/c1-7-11-17-23(15-9-3)26-21-25(31(5)6)22-27(24(16-10-4)18-12-8-2)29(26)28-19-13-14-20-30-28/h13-14,17-22H,7-12,15-16H2,1-6H3/b23-17+,24-18+. The minimum Gasteiger partial charge on any atom is -0.378 e. The first-order valence-electron chi connectivity index (χ1n) is 12.2. The van der Waals surface area contributed by atoms with Gasteiger partial charge in [-0.3, -0.25) is 4.98 Å². The van der Waals surface area contributed by atoms with Crippen LogP contribution in [0.1, 0.15) is 90.2 Å². The summed E-state index contributed by atoms with van der Waals surface area (Å²) in [7, 11) is 4.29. The van der Waals surface area contributed by atoms with Crippen molar-refractivity contribution in [2.75, 3.05) is 19.0 Å². The van der Waals surface area contributed by atoms with Gasteiger partial charge in [-0.25, -0.2) is 0 Å². The summed E-state index contributed by atoms with van der Waals surface area (Å²) in [6.07, 6.45) is 15.9. The third kappa shape index (κ3) is 6.82. The molecule has 0 aliphatic rings. The number of nitrogens with zero attached hydrogens (tertiary/aromatic N) is 2. The molecule has 0 saturated heterocycles. The van der Waals surface area contributed by atoms with E-state index in [9.17, 15) is 0 Å². The van der Waals surface area contributed by atoms with Crippen molar-refractivity contribution in [2.24, 2.45) is 0 Å². The van der Waals surface area contributed by atoms with Crippen LogP contribution in [0.3, 0.4) is 0 Å². The zero-order valence-electron chi connectivity index (χ0n) is 20.7. The van der Waals surface area contributed by atoms with Crippen LogP contribution in [0.4, 0.5) is 5.69 Å². The number of benzene rings is 1. The van der Waals surface area contributed by atoms with Gasteiger partial charge in [0.1, 0.15) is 0 Å². The molecule has 31 heavy (non-hydrogen) atoms. The Balaban J connectivity index is 2.91. The maximum atomic E-state index is 4.82. The van der Waals surface area contributed by atoms with E-state index in [0.29, 0.717) is 0 Å². The number of pyridine rings is 1. The van der Waals surface area contributed by atoms with Gasteiger partial charge in [-0.15, -0.1) is 0 Å². The molecule has 0 saturated carbocycles. The van der Waals surface area contributed by atoms with Gasteiger partial charge in [0, 0.05) is 31.5 Å². The number of hydrogen-bond acceptors (Lipinski definition) is 2. The molecule has 0 amide bonds. The van der Waals surface area contributed by atoms with E-state index in [1.165, 1.54) is 46.4 Å². The van der Waals surface area contributed by atoms with Crippen LogP contribution < -0.4 is 4.90 Å². The van der Waals surface area contributed by atoms with Gasteiger partial charge >= 0.3 is 0 Å². The van der Waals surface area contributed by atoms with E-state index >= 15 is 0 Å². The van der Waals surface area contributed by atoms with Crippen LogP contribution in [0.5, 0.6) is 0 Å². The topological polar surface area (TPSA) is 16.1 Å². The molecule has 2 aromatic rings. The Kier molecular flexibility index (Phi) is 10.6. The van der Waals surface area contributed by atoms with Crippen molar-refractivity contribution >= 4 is 16.8 Å². The van der Waals surface area contributed by atoms with E-state index in [1.807, 2.05) is 12.3 Å². The Morgan fingerprint density at radius 3 is 1.74 bits per heavy atom. The number of allylic oxidation sites excluding steroid dienone is 4.